The van der Waals surface area contributed by atoms with Crippen LogP contribution >= 0.6 is 0 Å². The zero-order chi connectivity index (χ0) is 10.7. The van der Waals surface area contributed by atoms with Crippen LogP contribution in [-0.2, 0) is 0 Å². The Labute approximate surface area is 89.4 Å². The first-order valence-electron chi connectivity index (χ1n) is 4.82. The van der Waals surface area contributed by atoms with Crippen LogP contribution in [0.25, 0.3) is 11.3 Å². The zero-order valence-electron chi connectivity index (χ0n) is 8.88. The van der Waals surface area contributed by atoms with E-state index in [0.717, 1.165) is 16.9 Å². The first-order valence-corrected chi connectivity index (χ1v) is 4.82. The standard InChI is InChI=1S/C12H13N3/c1-15(2)12-6-8-13-9-10(12)11-5-3-4-7-14-11/h3-9H,1-2H3. The molecule has 3 nitrogen and oxygen atoms in total. The molecule has 0 saturated carbocycles. The van der Waals surface area contributed by atoms with E-state index in [1.54, 1.807) is 12.4 Å². The summed E-state index contributed by atoms with van der Waals surface area (Å²) in [7, 11) is 4.03. The van der Waals surface area contributed by atoms with Crippen LogP contribution in [0.4, 0.5) is 5.69 Å². The molecule has 2 heterocycles. The Balaban J connectivity index is 2.53. The number of nitrogens with zero attached hydrogens (tertiary/aromatic N) is 3. The maximum Gasteiger partial charge on any atom is 0.0738 e. The lowest BCUT2D eigenvalue weighted by Crippen LogP contribution is -2.10. The van der Waals surface area contributed by atoms with E-state index in [2.05, 4.69) is 14.9 Å². The Morgan fingerprint density at radius 1 is 1.07 bits per heavy atom. The number of anilines is 1. The van der Waals surface area contributed by atoms with Gasteiger partial charge in [-0.3, -0.25) is 9.97 Å². The highest BCUT2D eigenvalue weighted by atomic mass is 15.1. The average molecular weight is 199 g/mol. The van der Waals surface area contributed by atoms with Gasteiger partial charge < -0.3 is 4.90 Å². The molecule has 2 rings (SSSR count). The lowest BCUT2D eigenvalue weighted by Gasteiger charge is -2.16. The molecule has 0 N–H and O–H groups in total. The van der Waals surface area contributed by atoms with E-state index in [9.17, 15) is 0 Å². The SMILES string of the molecule is CN(C)c1ccncc1-c1ccccn1. The van der Waals surface area contributed by atoms with Crippen LogP contribution in [0, 0.1) is 0 Å². The summed E-state index contributed by atoms with van der Waals surface area (Å²) >= 11 is 0. The van der Waals surface area contributed by atoms with Gasteiger partial charge in [-0.1, -0.05) is 6.07 Å². The van der Waals surface area contributed by atoms with Gasteiger partial charge in [0.05, 0.1) is 5.69 Å². The lowest BCUT2D eigenvalue weighted by atomic mass is 10.1. The summed E-state index contributed by atoms with van der Waals surface area (Å²) in [5, 5.41) is 0. The molecule has 0 bridgehead atoms. The molecule has 3 heteroatoms. The maximum absolute atomic E-state index is 4.33. The van der Waals surface area contributed by atoms with Crippen molar-refractivity contribution in [3.63, 3.8) is 0 Å². The van der Waals surface area contributed by atoms with Gasteiger partial charge in [0.15, 0.2) is 0 Å². The van der Waals surface area contributed by atoms with Crippen LogP contribution in [0.5, 0.6) is 0 Å². The van der Waals surface area contributed by atoms with E-state index < -0.39 is 0 Å². The molecule has 0 amide bonds. The van der Waals surface area contributed by atoms with Gasteiger partial charge in [0.1, 0.15) is 0 Å². The molecule has 0 unspecified atom stereocenters. The minimum atomic E-state index is 0.953. The normalized spacial score (nSPS) is 10.0. The van der Waals surface area contributed by atoms with Crippen LogP contribution in [0.1, 0.15) is 0 Å². The van der Waals surface area contributed by atoms with Crippen molar-refractivity contribution in [1.82, 2.24) is 9.97 Å². The summed E-state index contributed by atoms with van der Waals surface area (Å²) in [5.41, 5.74) is 3.14. The minimum Gasteiger partial charge on any atom is -0.377 e. The second-order valence-corrected chi connectivity index (χ2v) is 3.50. The van der Waals surface area contributed by atoms with E-state index in [1.165, 1.54) is 0 Å². The van der Waals surface area contributed by atoms with Crippen molar-refractivity contribution in [2.75, 3.05) is 19.0 Å². The Morgan fingerprint density at radius 3 is 2.60 bits per heavy atom. The molecule has 0 aliphatic carbocycles. The molecular weight excluding hydrogens is 186 g/mol. The fourth-order valence-electron chi connectivity index (χ4n) is 1.50. The van der Waals surface area contributed by atoms with Gasteiger partial charge in [0.25, 0.3) is 0 Å². The van der Waals surface area contributed by atoms with Crippen molar-refractivity contribution in [2.45, 2.75) is 0 Å². The highest BCUT2D eigenvalue weighted by Gasteiger charge is 2.06. The van der Waals surface area contributed by atoms with Crippen LogP contribution < -0.4 is 4.90 Å². The predicted octanol–water partition coefficient (Wildman–Crippen LogP) is 2.21. The maximum atomic E-state index is 4.33. The number of aromatic nitrogens is 2. The lowest BCUT2D eigenvalue weighted by molar-refractivity contribution is 1.12. The second kappa shape index (κ2) is 4.09. The predicted molar refractivity (Wildman–Crippen MR) is 61.8 cm³/mol. The minimum absolute atomic E-state index is 0.953. The summed E-state index contributed by atoms with van der Waals surface area (Å²) < 4.78 is 0. The molecule has 0 aliphatic heterocycles. The quantitative estimate of drug-likeness (QED) is 0.742. The average Bonchev–Trinajstić information content (AvgIpc) is 2.30. The van der Waals surface area contributed by atoms with Crippen LogP contribution in [0.2, 0.25) is 0 Å². The highest BCUT2D eigenvalue weighted by Crippen LogP contribution is 2.26. The van der Waals surface area contributed by atoms with Gasteiger partial charge in [-0.2, -0.15) is 0 Å². The first-order chi connectivity index (χ1) is 7.29. The van der Waals surface area contributed by atoms with Gasteiger partial charge in [-0.05, 0) is 18.2 Å². The molecule has 0 radical (unpaired) electrons. The van der Waals surface area contributed by atoms with Gasteiger partial charge >= 0.3 is 0 Å². The van der Waals surface area contributed by atoms with Gasteiger partial charge in [0.2, 0.25) is 0 Å². The number of hydrogen-bond acceptors (Lipinski definition) is 3. The van der Waals surface area contributed by atoms with Crippen LogP contribution in [0.15, 0.2) is 42.9 Å². The molecule has 0 aromatic carbocycles. The molecule has 76 valence electrons. The van der Waals surface area contributed by atoms with Crippen molar-refractivity contribution in [3.8, 4) is 11.3 Å². The Kier molecular flexibility index (Phi) is 2.63. The molecule has 2 aromatic rings. The molecule has 0 fully saturated rings. The highest BCUT2D eigenvalue weighted by molar-refractivity contribution is 5.74. The molecule has 0 saturated heterocycles. The molecule has 0 atom stereocenters. The number of hydrogen-bond donors (Lipinski definition) is 0. The number of rotatable bonds is 2. The largest absolute Gasteiger partial charge is 0.377 e. The number of pyridine rings is 2. The molecule has 2 aromatic heterocycles. The third kappa shape index (κ3) is 1.96. The van der Waals surface area contributed by atoms with Crippen LogP contribution in [0.3, 0.4) is 0 Å². The van der Waals surface area contributed by atoms with E-state index in [-0.39, 0.29) is 0 Å². The van der Waals surface area contributed by atoms with Gasteiger partial charge in [0, 0.05) is 43.9 Å². The van der Waals surface area contributed by atoms with Crippen molar-refractivity contribution >= 4 is 5.69 Å². The zero-order valence-corrected chi connectivity index (χ0v) is 8.88. The van der Waals surface area contributed by atoms with Gasteiger partial charge in [-0.15, -0.1) is 0 Å². The summed E-state index contributed by atoms with van der Waals surface area (Å²) in [6.07, 6.45) is 5.43. The van der Waals surface area contributed by atoms with Crippen molar-refractivity contribution in [3.05, 3.63) is 42.9 Å². The third-order valence-electron chi connectivity index (χ3n) is 2.22. The van der Waals surface area contributed by atoms with Crippen molar-refractivity contribution in [2.24, 2.45) is 0 Å². The molecule has 15 heavy (non-hydrogen) atoms. The van der Waals surface area contributed by atoms with E-state index >= 15 is 0 Å². The monoisotopic (exact) mass is 199 g/mol. The second-order valence-electron chi connectivity index (χ2n) is 3.50. The van der Waals surface area contributed by atoms with Crippen molar-refractivity contribution < 1.29 is 0 Å². The van der Waals surface area contributed by atoms with Gasteiger partial charge in [-0.25, -0.2) is 0 Å². The summed E-state index contributed by atoms with van der Waals surface area (Å²) in [6, 6.07) is 7.87. The smallest absolute Gasteiger partial charge is 0.0738 e. The van der Waals surface area contributed by atoms with E-state index in [0.29, 0.717) is 0 Å². The molecule has 0 aliphatic rings. The third-order valence-corrected chi connectivity index (χ3v) is 2.22. The fraction of sp³-hybridized carbons (Fsp3) is 0.167. The summed E-state index contributed by atoms with van der Waals surface area (Å²) in [5.74, 6) is 0. The molecular formula is C12H13N3. The Morgan fingerprint density at radius 2 is 1.93 bits per heavy atom. The topological polar surface area (TPSA) is 29.0 Å². The summed E-state index contributed by atoms with van der Waals surface area (Å²) in [4.78, 5) is 10.5. The van der Waals surface area contributed by atoms with E-state index in [1.807, 2.05) is 44.6 Å². The van der Waals surface area contributed by atoms with Crippen LogP contribution in [-0.4, -0.2) is 24.1 Å². The first kappa shape index (κ1) is 9.65. The fourth-order valence-corrected chi connectivity index (χ4v) is 1.50. The van der Waals surface area contributed by atoms with E-state index in [4.69, 9.17) is 0 Å². The Bertz CT molecular complexity index is 438. The summed E-state index contributed by atoms with van der Waals surface area (Å²) in [6.45, 7) is 0. The Hall–Kier alpha value is -1.90. The van der Waals surface area contributed by atoms with Crippen molar-refractivity contribution in [1.29, 1.82) is 0 Å². The molecule has 0 spiro atoms.